The number of hydrogen-bond acceptors (Lipinski definition) is 4. The zero-order valence-corrected chi connectivity index (χ0v) is 14.4. The highest BCUT2D eigenvalue weighted by Crippen LogP contribution is 2.41. The number of carbonyl (C=O) groups is 1. The van der Waals surface area contributed by atoms with E-state index in [9.17, 15) is 4.79 Å². The van der Waals surface area contributed by atoms with Crippen LogP contribution >= 0.6 is 11.8 Å². The summed E-state index contributed by atoms with van der Waals surface area (Å²) in [6, 6.07) is 13.6. The zero-order chi connectivity index (χ0) is 17.1. The molecular formula is C19H17N3OS. The lowest BCUT2D eigenvalue weighted by atomic mass is 10.00. The van der Waals surface area contributed by atoms with Crippen molar-refractivity contribution in [1.29, 1.82) is 5.26 Å². The first-order valence-electron chi connectivity index (χ1n) is 7.77. The molecule has 2 aromatic rings. The van der Waals surface area contributed by atoms with Gasteiger partial charge in [0, 0.05) is 26.6 Å². The van der Waals surface area contributed by atoms with E-state index in [4.69, 9.17) is 10.3 Å². The monoisotopic (exact) mass is 335 g/mol. The number of rotatable bonds is 3. The second-order valence-electron chi connectivity index (χ2n) is 6.00. The summed E-state index contributed by atoms with van der Waals surface area (Å²) in [6.07, 6.45) is 2.53. The molecule has 1 N–H and O–H groups in total. The van der Waals surface area contributed by atoms with Crippen LogP contribution in [0.3, 0.4) is 0 Å². The third-order valence-electron chi connectivity index (χ3n) is 3.67. The summed E-state index contributed by atoms with van der Waals surface area (Å²) >= 11 is 1.66. The van der Waals surface area contributed by atoms with Crippen molar-refractivity contribution in [3.8, 4) is 6.19 Å². The molecule has 0 radical (unpaired) electrons. The van der Waals surface area contributed by atoms with Gasteiger partial charge in [-0.15, -0.1) is 0 Å². The fourth-order valence-corrected chi connectivity index (χ4v) is 3.64. The van der Waals surface area contributed by atoms with Gasteiger partial charge in [-0.3, -0.25) is 15.1 Å². The van der Waals surface area contributed by atoms with Crippen LogP contribution in [0.5, 0.6) is 0 Å². The molecule has 3 rings (SSSR count). The lowest BCUT2D eigenvalue weighted by Gasteiger charge is -2.10. The first-order valence-corrected chi connectivity index (χ1v) is 8.58. The van der Waals surface area contributed by atoms with Crippen molar-refractivity contribution in [2.45, 2.75) is 30.1 Å². The predicted octanol–water partition coefficient (Wildman–Crippen LogP) is 4.53. The summed E-state index contributed by atoms with van der Waals surface area (Å²) in [7, 11) is 0. The van der Waals surface area contributed by atoms with Gasteiger partial charge in [0.2, 0.25) is 0 Å². The maximum absolute atomic E-state index is 11.9. The predicted molar refractivity (Wildman–Crippen MR) is 95.7 cm³/mol. The van der Waals surface area contributed by atoms with Crippen LogP contribution in [0, 0.1) is 17.4 Å². The van der Waals surface area contributed by atoms with Crippen LogP contribution in [0.25, 0.3) is 0 Å². The fraction of sp³-hybridized carbons (Fsp3) is 0.211. The van der Waals surface area contributed by atoms with E-state index >= 15 is 0 Å². The molecular weight excluding hydrogens is 318 g/mol. The average Bonchev–Trinajstić information content (AvgIpc) is 2.70. The molecule has 120 valence electrons. The summed E-state index contributed by atoms with van der Waals surface area (Å²) in [5.41, 5.74) is 3.40. The number of benzene rings is 2. The van der Waals surface area contributed by atoms with Crippen molar-refractivity contribution in [2.24, 2.45) is 10.9 Å². The second-order valence-corrected chi connectivity index (χ2v) is 7.09. The fourth-order valence-electron chi connectivity index (χ4n) is 2.62. The molecule has 1 aliphatic rings. The largest absolute Gasteiger partial charge is 0.268 e. The van der Waals surface area contributed by atoms with E-state index in [0.29, 0.717) is 11.5 Å². The quantitative estimate of drug-likeness (QED) is 0.662. The Balaban J connectivity index is 2.11. The van der Waals surface area contributed by atoms with Crippen molar-refractivity contribution < 1.29 is 4.79 Å². The van der Waals surface area contributed by atoms with Crippen LogP contribution in [0.2, 0.25) is 0 Å². The van der Waals surface area contributed by atoms with Gasteiger partial charge >= 0.3 is 0 Å². The van der Waals surface area contributed by atoms with Gasteiger partial charge in [0.25, 0.3) is 5.91 Å². The molecule has 0 fully saturated rings. The van der Waals surface area contributed by atoms with Crippen LogP contribution in [-0.2, 0) is 0 Å². The van der Waals surface area contributed by atoms with Crippen LogP contribution in [-0.4, -0.2) is 11.6 Å². The van der Waals surface area contributed by atoms with Crippen LogP contribution < -0.4 is 5.32 Å². The topological polar surface area (TPSA) is 65.2 Å². The van der Waals surface area contributed by atoms with Crippen LogP contribution in [0.4, 0.5) is 5.69 Å². The van der Waals surface area contributed by atoms with Crippen molar-refractivity contribution in [3.63, 3.8) is 0 Å². The van der Waals surface area contributed by atoms with E-state index < -0.39 is 5.91 Å². The number of nitrogens with zero attached hydrogens (tertiary/aromatic N) is 2. The summed E-state index contributed by atoms with van der Waals surface area (Å²) in [5.74, 6) is 0.0705. The SMILES string of the molecule is CC(C)CC1=Nc2cc(C(=O)NC#N)ccc2Sc2ccccc21. The van der Waals surface area contributed by atoms with E-state index in [1.54, 1.807) is 30.1 Å². The van der Waals surface area contributed by atoms with Crippen LogP contribution in [0.15, 0.2) is 57.2 Å². The smallest absolute Gasteiger partial charge is 0.264 e. The number of nitriles is 1. The number of nitrogens with one attached hydrogen (secondary N) is 1. The molecule has 0 saturated carbocycles. The second kappa shape index (κ2) is 6.90. The number of carbonyl (C=O) groups excluding carboxylic acids is 1. The van der Waals surface area contributed by atoms with Crippen LogP contribution in [0.1, 0.15) is 36.2 Å². The Kier molecular flexibility index (Phi) is 4.68. The molecule has 24 heavy (non-hydrogen) atoms. The molecule has 2 aromatic carbocycles. The molecule has 0 saturated heterocycles. The molecule has 5 heteroatoms. The Morgan fingerprint density at radius 3 is 2.79 bits per heavy atom. The minimum atomic E-state index is -0.410. The van der Waals surface area contributed by atoms with E-state index in [-0.39, 0.29) is 0 Å². The summed E-state index contributed by atoms with van der Waals surface area (Å²) in [4.78, 5) is 18.9. The maximum atomic E-state index is 11.9. The average molecular weight is 335 g/mol. The molecule has 1 amide bonds. The van der Waals surface area contributed by atoms with Gasteiger partial charge in [-0.05, 0) is 36.6 Å². The Morgan fingerprint density at radius 2 is 2.04 bits per heavy atom. The Hall–Kier alpha value is -2.58. The normalized spacial score (nSPS) is 12.5. The highest BCUT2D eigenvalue weighted by Gasteiger charge is 2.19. The number of aliphatic imine (C=N–C) groups is 1. The molecule has 0 unspecified atom stereocenters. The van der Waals surface area contributed by atoms with E-state index in [2.05, 4.69) is 31.3 Å². The molecule has 0 aliphatic carbocycles. The van der Waals surface area contributed by atoms with Crippen molar-refractivity contribution >= 4 is 29.1 Å². The Labute approximate surface area is 145 Å². The number of fused-ring (bicyclic) bond motifs is 2. The summed E-state index contributed by atoms with van der Waals surface area (Å²) < 4.78 is 0. The van der Waals surface area contributed by atoms with Crippen molar-refractivity contribution in [2.75, 3.05) is 0 Å². The van der Waals surface area contributed by atoms with Gasteiger partial charge in [0.15, 0.2) is 6.19 Å². The van der Waals surface area contributed by atoms with E-state index in [0.717, 1.165) is 28.3 Å². The highest BCUT2D eigenvalue weighted by molar-refractivity contribution is 7.99. The standard InChI is InChI=1S/C19H17N3OS/c1-12(2)9-15-14-5-3-4-6-17(14)24-18-8-7-13(10-16(18)22-15)19(23)21-11-20/h3-8,10,12H,9H2,1-2H3,(H,21,23). The van der Waals surface area contributed by atoms with Gasteiger partial charge in [0.05, 0.1) is 5.69 Å². The first-order chi connectivity index (χ1) is 11.6. The molecule has 0 bridgehead atoms. The van der Waals surface area contributed by atoms with Gasteiger partial charge in [-0.25, -0.2) is 0 Å². The first kappa shape index (κ1) is 16.3. The van der Waals surface area contributed by atoms with Gasteiger partial charge in [-0.2, -0.15) is 5.26 Å². The third kappa shape index (κ3) is 3.34. The molecule has 1 heterocycles. The molecule has 4 nitrogen and oxygen atoms in total. The van der Waals surface area contributed by atoms with Gasteiger partial charge < -0.3 is 0 Å². The Bertz CT molecular complexity index is 865. The maximum Gasteiger partial charge on any atom is 0.264 e. The van der Waals surface area contributed by atoms with Gasteiger partial charge in [-0.1, -0.05) is 43.8 Å². The van der Waals surface area contributed by atoms with E-state index in [1.165, 1.54) is 4.90 Å². The minimum absolute atomic E-state index is 0.410. The van der Waals surface area contributed by atoms with Crippen molar-refractivity contribution in [1.82, 2.24) is 5.32 Å². The van der Waals surface area contributed by atoms with Gasteiger partial charge in [0.1, 0.15) is 0 Å². The summed E-state index contributed by atoms with van der Waals surface area (Å²) in [6.45, 7) is 4.34. The molecule has 1 aliphatic heterocycles. The highest BCUT2D eigenvalue weighted by atomic mass is 32.2. The lowest BCUT2D eigenvalue weighted by molar-refractivity contribution is 0.0973. The molecule has 0 spiro atoms. The molecule has 0 atom stereocenters. The lowest BCUT2D eigenvalue weighted by Crippen LogP contribution is -2.17. The number of amides is 1. The molecule has 0 aromatic heterocycles. The minimum Gasteiger partial charge on any atom is -0.268 e. The van der Waals surface area contributed by atoms with Crippen molar-refractivity contribution in [3.05, 3.63) is 53.6 Å². The summed E-state index contributed by atoms with van der Waals surface area (Å²) in [5, 5.41) is 10.8. The Morgan fingerprint density at radius 1 is 1.25 bits per heavy atom. The number of hydrogen-bond donors (Lipinski definition) is 1. The third-order valence-corrected chi connectivity index (χ3v) is 4.81. The van der Waals surface area contributed by atoms with E-state index in [1.807, 2.05) is 18.2 Å². The zero-order valence-electron chi connectivity index (χ0n) is 13.5.